The number of carbonyl (C=O) groups is 1. The Bertz CT molecular complexity index is 1890. The van der Waals surface area contributed by atoms with Crippen LogP contribution in [-0.4, -0.2) is 68.5 Å². The molecule has 1 saturated carbocycles. The first-order valence-electron chi connectivity index (χ1n) is 14.0. The van der Waals surface area contributed by atoms with E-state index >= 15 is 0 Å². The molecule has 228 valence electrons. The number of sulfonamides is 1. The Morgan fingerprint density at radius 2 is 1.86 bits per heavy atom. The number of likely N-dealkylation sites (N-methyl/N-ethyl adjacent to an activating group) is 1. The fourth-order valence-corrected chi connectivity index (χ4v) is 6.79. The molecule has 4 aromatic rings. The zero-order valence-electron chi connectivity index (χ0n) is 24.6. The van der Waals surface area contributed by atoms with Crippen molar-refractivity contribution in [2.24, 2.45) is 0 Å². The number of benzene rings is 1. The van der Waals surface area contributed by atoms with Crippen molar-refractivity contribution in [3.63, 3.8) is 0 Å². The number of rotatable bonds is 9. The fourth-order valence-electron chi connectivity index (χ4n) is 5.80. The molecule has 1 fully saturated rings. The number of anilines is 2. The molecule has 0 saturated heterocycles. The van der Waals surface area contributed by atoms with E-state index in [9.17, 15) is 13.2 Å². The summed E-state index contributed by atoms with van der Waals surface area (Å²) >= 11 is 0. The molecule has 1 aromatic carbocycles. The monoisotopic (exact) mass is 633 g/mol. The lowest BCUT2D eigenvalue weighted by Gasteiger charge is -2.37. The number of pyridine rings is 3. The summed E-state index contributed by atoms with van der Waals surface area (Å²) in [6.45, 7) is 8.23. The highest BCUT2D eigenvalue weighted by Gasteiger charge is 2.54. The van der Waals surface area contributed by atoms with Gasteiger partial charge in [-0.1, -0.05) is 19.1 Å². The predicted molar refractivity (Wildman–Crippen MR) is 171 cm³/mol. The predicted octanol–water partition coefficient (Wildman–Crippen LogP) is 5.19. The smallest absolute Gasteiger partial charge is 0.269 e. The number of ether oxygens (including phenoxy) is 1. The summed E-state index contributed by atoms with van der Waals surface area (Å²) in [5, 5.41) is 0.907. The van der Waals surface area contributed by atoms with Crippen molar-refractivity contribution in [2.45, 2.75) is 36.0 Å². The van der Waals surface area contributed by atoms with E-state index in [1.165, 1.54) is 12.1 Å². The number of hydrogen-bond acceptors (Lipinski definition) is 8. The highest BCUT2D eigenvalue weighted by Crippen LogP contribution is 2.55. The second-order valence-electron chi connectivity index (χ2n) is 11.2. The molecule has 0 atom stereocenters. The van der Waals surface area contributed by atoms with Crippen LogP contribution < -0.4 is 14.4 Å². The van der Waals surface area contributed by atoms with Crippen LogP contribution in [0.15, 0.2) is 59.9 Å². The molecule has 44 heavy (non-hydrogen) atoms. The normalized spacial score (nSPS) is 15.1. The lowest BCUT2D eigenvalue weighted by atomic mass is 9.64. The van der Waals surface area contributed by atoms with Gasteiger partial charge in [0.05, 0.1) is 29.4 Å². The van der Waals surface area contributed by atoms with E-state index in [0.29, 0.717) is 12.2 Å². The van der Waals surface area contributed by atoms with Crippen LogP contribution in [0.4, 0.5) is 17.2 Å². The van der Waals surface area contributed by atoms with Crippen LogP contribution in [0.2, 0.25) is 0 Å². The number of amides is 1. The van der Waals surface area contributed by atoms with Gasteiger partial charge in [-0.2, -0.15) is 0 Å². The van der Waals surface area contributed by atoms with E-state index in [-0.39, 0.29) is 40.6 Å². The molecule has 1 aliphatic carbocycles. The molecule has 2 aliphatic rings. The van der Waals surface area contributed by atoms with E-state index in [4.69, 9.17) is 11.3 Å². The molecular weight excluding hydrogens is 602 g/mol. The van der Waals surface area contributed by atoms with Gasteiger partial charge >= 0.3 is 0 Å². The number of fused-ring (bicyclic) bond motifs is 4. The summed E-state index contributed by atoms with van der Waals surface area (Å²) in [5.41, 5.74) is 3.78. The molecule has 0 unspecified atom stereocenters. The van der Waals surface area contributed by atoms with Crippen LogP contribution in [0, 0.1) is 6.57 Å². The standard InChI is InChI=1S/C31H31N7O4S.ClH/c1-32-27-10-8-22(18-34-27)43(40,41)36-25-16-21(17-35-29(25)42-14-6-13-37(2)3)20-7-9-24-23(15-20)28-26(19-33-24)38(4)30(39)31(28)11-5-12-31;/h7-10,15-19,36H,5-6,11-14H2,2-4H3;1H. The molecule has 11 nitrogen and oxygen atoms in total. The number of nitrogens with zero attached hydrogens (tertiary/aromatic N) is 6. The first-order chi connectivity index (χ1) is 20.6. The summed E-state index contributed by atoms with van der Waals surface area (Å²) in [6, 6.07) is 10.2. The maximum absolute atomic E-state index is 13.3. The maximum atomic E-state index is 13.3. The lowest BCUT2D eigenvalue weighted by molar-refractivity contribution is -0.125. The van der Waals surface area contributed by atoms with Crippen molar-refractivity contribution in [1.29, 1.82) is 0 Å². The molecule has 13 heteroatoms. The highest BCUT2D eigenvalue weighted by atomic mass is 35.5. The molecule has 1 N–H and O–H groups in total. The van der Waals surface area contributed by atoms with E-state index in [1.807, 2.05) is 37.2 Å². The molecule has 1 amide bonds. The minimum absolute atomic E-state index is 0. The van der Waals surface area contributed by atoms with Crippen molar-refractivity contribution >= 4 is 56.4 Å². The number of halogens is 1. The van der Waals surface area contributed by atoms with Gasteiger partial charge in [-0.05, 0) is 69.3 Å². The Morgan fingerprint density at radius 1 is 1.07 bits per heavy atom. The average molecular weight is 634 g/mol. The van der Waals surface area contributed by atoms with Crippen LogP contribution >= 0.6 is 12.4 Å². The van der Waals surface area contributed by atoms with Crippen LogP contribution in [0.3, 0.4) is 0 Å². The van der Waals surface area contributed by atoms with Crippen LogP contribution in [0.1, 0.15) is 31.2 Å². The van der Waals surface area contributed by atoms with E-state index in [2.05, 4.69) is 24.5 Å². The van der Waals surface area contributed by atoms with Gasteiger partial charge in [-0.3, -0.25) is 14.5 Å². The summed E-state index contributed by atoms with van der Waals surface area (Å²) in [5.74, 6) is 0.365. The topological polar surface area (TPSA) is 122 Å². The van der Waals surface area contributed by atoms with Gasteiger partial charge in [-0.15, -0.1) is 17.4 Å². The Morgan fingerprint density at radius 3 is 2.52 bits per heavy atom. The second kappa shape index (κ2) is 12.0. The van der Waals surface area contributed by atoms with Crippen LogP contribution in [-0.2, 0) is 20.2 Å². The first kappa shape index (κ1) is 31.1. The summed E-state index contributed by atoms with van der Waals surface area (Å²) < 4.78 is 35.2. The first-order valence-corrected chi connectivity index (χ1v) is 15.5. The Labute approximate surface area is 262 Å². The number of hydrogen-bond donors (Lipinski definition) is 1. The Hall–Kier alpha value is -4.31. The Kier molecular flexibility index (Phi) is 8.49. The van der Waals surface area contributed by atoms with Crippen LogP contribution in [0.25, 0.3) is 26.9 Å². The Balaban J connectivity index is 0.00000384. The van der Waals surface area contributed by atoms with Crippen molar-refractivity contribution in [3.8, 4) is 17.0 Å². The minimum atomic E-state index is -4.07. The van der Waals surface area contributed by atoms with Crippen LogP contribution in [0.5, 0.6) is 5.88 Å². The van der Waals surface area contributed by atoms with Gasteiger partial charge in [0.1, 0.15) is 16.8 Å². The molecule has 0 bridgehead atoms. The molecule has 1 aliphatic heterocycles. The SMILES string of the molecule is Cl.[C-]#[N+]c1ccc(S(=O)(=O)Nc2cc(-c3ccc4ncc5c(c4c3)C3(CCC3)C(=O)N5C)cnc2OCCCN(C)C)cn1. The van der Waals surface area contributed by atoms with E-state index < -0.39 is 15.4 Å². The highest BCUT2D eigenvalue weighted by molar-refractivity contribution is 7.92. The third kappa shape index (κ3) is 5.43. The summed E-state index contributed by atoms with van der Waals surface area (Å²) in [6.07, 6.45) is 7.93. The van der Waals surface area contributed by atoms with Crippen molar-refractivity contribution in [3.05, 3.63) is 72.0 Å². The van der Waals surface area contributed by atoms with E-state index in [1.54, 1.807) is 30.4 Å². The van der Waals surface area contributed by atoms with Gasteiger partial charge in [0.15, 0.2) is 0 Å². The van der Waals surface area contributed by atoms with Gasteiger partial charge in [0.2, 0.25) is 11.8 Å². The second-order valence-corrected chi connectivity index (χ2v) is 12.9. The van der Waals surface area contributed by atoms with Crippen molar-refractivity contribution in [2.75, 3.05) is 43.9 Å². The van der Waals surface area contributed by atoms with E-state index in [0.717, 1.165) is 66.1 Å². The van der Waals surface area contributed by atoms with Crippen molar-refractivity contribution in [1.82, 2.24) is 19.9 Å². The third-order valence-electron chi connectivity index (χ3n) is 8.17. The molecule has 6 rings (SSSR count). The van der Waals surface area contributed by atoms with Gasteiger partial charge in [-0.25, -0.2) is 13.4 Å². The molecule has 1 spiro atoms. The van der Waals surface area contributed by atoms with Gasteiger partial charge in [0, 0.05) is 36.3 Å². The molecular formula is C31H32ClN7O4S. The fraction of sp³-hybridized carbons (Fsp3) is 0.323. The van der Waals surface area contributed by atoms with Gasteiger partial charge < -0.3 is 19.4 Å². The minimum Gasteiger partial charge on any atom is -0.476 e. The molecule has 0 radical (unpaired) electrons. The summed E-state index contributed by atoms with van der Waals surface area (Å²) in [7, 11) is 1.67. The lowest BCUT2D eigenvalue weighted by Crippen LogP contribution is -2.43. The molecule has 3 aromatic heterocycles. The zero-order chi connectivity index (χ0) is 30.4. The summed E-state index contributed by atoms with van der Waals surface area (Å²) in [4.78, 5) is 33.2. The third-order valence-corrected chi connectivity index (χ3v) is 9.52. The number of carbonyl (C=O) groups excluding carboxylic acids is 1. The average Bonchev–Trinajstić information content (AvgIpc) is 3.22. The zero-order valence-corrected chi connectivity index (χ0v) is 26.2. The maximum Gasteiger partial charge on any atom is 0.269 e. The molecule has 4 heterocycles. The largest absolute Gasteiger partial charge is 0.476 e. The number of nitrogens with one attached hydrogen (secondary N) is 1. The quantitative estimate of drug-likeness (QED) is 0.197. The number of aromatic nitrogens is 3. The van der Waals surface area contributed by atoms with Crippen molar-refractivity contribution < 1.29 is 17.9 Å². The van der Waals surface area contributed by atoms with Gasteiger partial charge in [0.25, 0.3) is 15.8 Å².